The number of nitrogens with two attached hydrogens (primary N) is 1. The van der Waals surface area contributed by atoms with Crippen LogP contribution in [0.15, 0.2) is 18.3 Å². The Bertz CT molecular complexity index is 1020. The van der Waals surface area contributed by atoms with Gasteiger partial charge in [-0.3, -0.25) is 9.59 Å². The lowest BCUT2D eigenvalue weighted by Gasteiger charge is -2.18. The fourth-order valence-corrected chi connectivity index (χ4v) is 3.33. The van der Waals surface area contributed by atoms with Crippen molar-refractivity contribution in [2.75, 3.05) is 6.61 Å². The summed E-state index contributed by atoms with van der Waals surface area (Å²) in [5, 5.41) is 15.0. The summed E-state index contributed by atoms with van der Waals surface area (Å²) in [7, 11) is 0. The number of fused-ring (bicyclic) bond motifs is 3. The number of carbonyl (C=O) groups is 2. The van der Waals surface area contributed by atoms with E-state index in [2.05, 4.69) is 25.8 Å². The molecule has 2 atom stereocenters. The number of rotatable bonds is 5. The van der Waals surface area contributed by atoms with E-state index in [-0.39, 0.29) is 35.7 Å². The van der Waals surface area contributed by atoms with Gasteiger partial charge < -0.3 is 15.8 Å². The van der Waals surface area contributed by atoms with Crippen LogP contribution < -0.4 is 15.8 Å². The standard InChI is InChI=1S/C16H17N7O3/c1-2-8-6-12(24)19-11(8)7-26-16-13-9(3-4-18-16)5-10(14(17)25)15-20-21-22-23(13)15/h3-5,8,11H,2,6-7H2,1H3,(H2,17,25)(H,19,24)/t8-,11-/m1/s1. The maximum atomic E-state index is 11.7. The Balaban J connectivity index is 1.73. The molecule has 1 aliphatic heterocycles. The average Bonchev–Trinajstić information content (AvgIpc) is 3.25. The van der Waals surface area contributed by atoms with Crippen LogP contribution in [-0.4, -0.2) is 49.5 Å². The van der Waals surface area contributed by atoms with E-state index in [4.69, 9.17) is 10.5 Å². The van der Waals surface area contributed by atoms with E-state index in [9.17, 15) is 9.59 Å². The lowest BCUT2D eigenvalue weighted by Crippen LogP contribution is -2.34. The Hall–Kier alpha value is -3.30. The molecule has 10 heteroatoms. The maximum absolute atomic E-state index is 11.7. The second kappa shape index (κ2) is 6.21. The third-order valence-electron chi connectivity index (χ3n) is 4.70. The van der Waals surface area contributed by atoms with Gasteiger partial charge in [0.1, 0.15) is 12.1 Å². The zero-order valence-corrected chi connectivity index (χ0v) is 14.0. The number of carbonyl (C=O) groups excluding carboxylic acids is 2. The quantitative estimate of drug-likeness (QED) is 0.660. The highest BCUT2D eigenvalue weighted by atomic mass is 16.5. The van der Waals surface area contributed by atoms with Gasteiger partial charge in [-0.2, -0.15) is 4.52 Å². The van der Waals surface area contributed by atoms with E-state index in [0.717, 1.165) is 6.42 Å². The van der Waals surface area contributed by atoms with Crippen LogP contribution in [0, 0.1) is 5.92 Å². The Morgan fingerprint density at radius 2 is 2.35 bits per heavy atom. The van der Waals surface area contributed by atoms with Gasteiger partial charge in [0.15, 0.2) is 5.65 Å². The van der Waals surface area contributed by atoms with Crippen molar-refractivity contribution in [3.8, 4) is 5.88 Å². The van der Waals surface area contributed by atoms with Gasteiger partial charge in [-0.05, 0) is 28.5 Å². The van der Waals surface area contributed by atoms with Gasteiger partial charge in [-0.15, -0.1) is 5.10 Å². The highest BCUT2D eigenvalue weighted by molar-refractivity contribution is 6.03. The molecule has 0 unspecified atom stereocenters. The summed E-state index contributed by atoms with van der Waals surface area (Å²) in [4.78, 5) is 27.6. The Labute approximate surface area is 147 Å². The zero-order valence-electron chi connectivity index (χ0n) is 14.0. The second-order valence-electron chi connectivity index (χ2n) is 6.25. The van der Waals surface area contributed by atoms with Crippen LogP contribution in [0.25, 0.3) is 16.6 Å². The molecule has 26 heavy (non-hydrogen) atoms. The molecule has 0 aromatic carbocycles. The van der Waals surface area contributed by atoms with Crippen LogP contribution in [0.3, 0.4) is 0 Å². The van der Waals surface area contributed by atoms with Crippen LogP contribution in [0.4, 0.5) is 0 Å². The van der Waals surface area contributed by atoms with E-state index in [1.807, 2.05) is 6.92 Å². The lowest BCUT2D eigenvalue weighted by molar-refractivity contribution is -0.119. The van der Waals surface area contributed by atoms with Crippen molar-refractivity contribution in [1.82, 2.24) is 30.3 Å². The SMILES string of the molecule is CC[C@@H]1CC(=O)N[C@@H]1COc1nccc2cc(C(N)=O)c3nnnn3c12. The van der Waals surface area contributed by atoms with Gasteiger partial charge in [0, 0.05) is 18.0 Å². The molecule has 10 nitrogen and oxygen atoms in total. The molecule has 0 bridgehead atoms. The van der Waals surface area contributed by atoms with Gasteiger partial charge >= 0.3 is 0 Å². The molecular weight excluding hydrogens is 338 g/mol. The minimum absolute atomic E-state index is 0.0327. The van der Waals surface area contributed by atoms with Gasteiger partial charge in [0.25, 0.3) is 5.91 Å². The summed E-state index contributed by atoms with van der Waals surface area (Å²) in [5.41, 5.74) is 6.41. The van der Waals surface area contributed by atoms with E-state index >= 15 is 0 Å². The second-order valence-corrected chi connectivity index (χ2v) is 6.25. The first-order valence-corrected chi connectivity index (χ1v) is 8.30. The van der Waals surface area contributed by atoms with Gasteiger partial charge in [0.05, 0.1) is 11.6 Å². The summed E-state index contributed by atoms with van der Waals surface area (Å²) in [6.45, 7) is 2.33. The predicted molar refractivity (Wildman–Crippen MR) is 90.4 cm³/mol. The smallest absolute Gasteiger partial charge is 0.252 e. The molecule has 0 spiro atoms. The van der Waals surface area contributed by atoms with E-state index < -0.39 is 5.91 Å². The van der Waals surface area contributed by atoms with Crippen molar-refractivity contribution in [3.05, 3.63) is 23.9 Å². The number of nitrogens with zero attached hydrogens (tertiary/aromatic N) is 5. The van der Waals surface area contributed by atoms with Gasteiger partial charge in [-0.1, -0.05) is 13.3 Å². The molecule has 0 aliphatic carbocycles. The molecule has 4 heterocycles. The number of hydrogen-bond donors (Lipinski definition) is 2. The molecule has 0 radical (unpaired) electrons. The molecule has 2 amide bonds. The zero-order chi connectivity index (χ0) is 18.3. The Morgan fingerprint density at radius 3 is 3.12 bits per heavy atom. The molecule has 1 aliphatic rings. The van der Waals surface area contributed by atoms with Crippen LogP contribution in [0.1, 0.15) is 30.1 Å². The summed E-state index contributed by atoms with van der Waals surface area (Å²) in [6.07, 6.45) is 2.96. The van der Waals surface area contributed by atoms with Crippen molar-refractivity contribution in [3.63, 3.8) is 0 Å². The van der Waals surface area contributed by atoms with Gasteiger partial charge in [-0.25, -0.2) is 4.98 Å². The number of amides is 2. The minimum Gasteiger partial charge on any atom is -0.474 e. The molecule has 0 saturated carbocycles. The van der Waals surface area contributed by atoms with Crippen molar-refractivity contribution in [2.45, 2.75) is 25.8 Å². The number of nitrogens with one attached hydrogen (secondary N) is 1. The van der Waals surface area contributed by atoms with Crippen molar-refractivity contribution in [2.24, 2.45) is 11.7 Å². The molecule has 1 fully saturated rings. The normalized spacial score (nSPS) is 19.8. The first-order valence-electron chi connectivity index (χ1n) is 8.30. The number of tetrazole rings is 1. The molecule has 3 aromatic heterocycles. The van der Waals surface area contributed by atoms with Crippen molar-refractivity contribution in [1.29, 1.82) is 0 Å². The number of primary amides is 1. The third kappa shape index (κ3) is 2.59. The largest absolute Gasteiger partial charge is 0.474 e. The van der Waals surface area contributed by atoms with Crippen LogP contribution in [0.2, 0.25) is 0 Å². The van der Waals surface area contributed by atoms with Gasteiger partial charge in [0.2, 0.25) is 11.8 Å². The fourth-order valence-electron chi connectivity index (χ4n) is 3.33. The number of aromatic nitrogens is 5. The van der Waals surface area contributed by atoms with E-state index in [0.29, 0.717) is 23.2 Å². The molecule has 1 saturated heterocycles. The molecule has 4 rings (SSSR count). The molecule has 3 N–H and O–H groups in total. The van der Waals surface area contributed by atoms with Crippen molar-refractivity contribution >= 4 is 28.4 Å². The summed E-state index contributed by atoms with van der Waals surface area (Å²) < 4.78 is 7.29. The monoisotopic (exact) mass is 355 g/mol. The summed E-state index contributed by atoms with van der Waals surface area (Å²) in [6, 6.07) is 3.27. The molecule has 3 aromatic rings. The number of ether oxygens (including phenoxy) is 1. The first kappa shape index (κ1) is 16.2. The minimum atomic E-state index is -0.620. The molecular formula is C16H17N7O3. The average molecular weight is 355 g/mol. The highest BCUT2D eigenvalue weighted by Crippen LogP contribution is 2.27. The van der Waals surface area contributed by atoms with Crippen molar-refractivity contribution < 1.29 is 14.3 Å². The summed E-state index contributed by atoms with van der Waals surface area (Å²) in [5.74, 6) is -0.0328. The first-order chi connectivity index (χ1) is 12.6. The van der Waals surface area contributed by atoms with E-state index in [1.165, 1.54) is 4.52 Å². The number of pyridine rings is 2. The maximum Gasteiger partial charge on any atom is 0.252 e. The molecule has 134 valence electrons. The fraction of sp³-hybridized carbons (Fsp3) is 0.375. The summed E-state index contributed by atoms with van der Waals surface area (Å²) >= 11 is 0. The van der Waals surface area contributed by atoms with Crippen LogP contribution in [0.5, 0.6) is 5.88 Å². The Kier molecular flexibility index (Phi) is 3.86. The van der Waals surface area contributed by atoms with Crippen LogP contribution >= 0.6 is 0 Å². The predicted octanol–water partition coefficient (Wildman–Crippen LogP) is 0.0649. The van der Waals surface area contributed by atoms with Crippen LogP contribution in [-0.2, 0) is 4.79 Å². The Morgan fingerprint density at radius 1 is 1.50 bits per heavy atom. The third-order valence-corrected chi connectivity index (χ3v) is 4.70. The lowest BCUT2D eigenvalue weighted by atomic mass is 9.98. The van der Waals surface area contributed by atoms with E-state index in [1.54, 1.807) is 18.3 Å². The number of hydrogen-bond acceptors (Lipinski definition) is 7. The highest BCUT2D eigenvalue weighted by Gasteiger charge is 2.31. The topological polar surface area (TPSA) is 137 Å².